The number of aromatic nitrogens is 5. The maximum absolute atomic E-state index is 12.2. The van der Waals surface area contributed by atoms with E-state index in [1.165, 1.54) is 10.8 Å². The lowest BCUT2D eigenvalue weighted by Crippen LogP contribution is -2.33. The first-order chi connectivity index (χ1) is 15.4. The summed E-state index contributed by atoms with van der Waals surface area (Å²) in [5.74, 6) is 0. The van der Waals surface area contributed by atoms with Gasteiger partial charge in [0.1, 0.15) is 18.0 Å². The number of ether oxygens (including phenoxy) is 1. The number of hydrogen-bond acceptors (Lipinski definition) is 7. The van der Waals surface area contributed by atoms with Crippen molar-refractivity contribution in [3.63, 3.8) is 0 Å². The van der Waals surface area contributed by atoms with Gasteiger partial charge in [-0.2, -0.15) is 0 Å². The third-order valence-electron chi connectivity index (χ3n) is 5.61. The number of rotatable bonds is 6. The van der Waals surface area contributed by atoms with Gasteiger partial charge in [0.25, 0.3) is 5.56 Å². The number of benzene rings is 1. The summed E-state index contributed by atoms with van der Waals surface area (Å²) in [6.07, 6.45) is 4.31. The summed E-state index contributed by atoms with van der Waals surface area (Å²) in [7, 11) is 0. The highest BCUT2D eigenvalue weighted by Gasteiger charge is 2.38. The van der Waals surface area contributed by atoms with E-state index in [4.69, 9.17) is 4.74 Å². The average Bonchev–Trinajstić information content (AvgIpc) is 3.45. The van der Waals surface area contributed by atoms with Gasteiger partial charge in [0.2, 0.25) is 0 Å². The first-order valence-electron chi connectivity index (χ1n) is 10.2. The molecule has 1 aliphatic rings. The van der Waals surface area contributed by atoms with Crippen LogP contribution in [0.5, 0.6) is 0 Å². The summed E-state index contributed by atoms with van der Waals surface area (Å²) in [5, 5.41) is 18.3. The van der Waals surface area contributed by atoms with Crippen molar-refractivity contribution in [2.75, 3.05) is 6.61 Å². The summed E-state index contributed by atoms with van der Waals surface area (Å²) < 4.78 is 8.89. The molecule has 0 saturated carbocycles. The average molecular weight is 436 g/mol. The number of nitrogens with one attached hydrogen (secondary N) is 1. The zero-order chi connectivity index (χ0) is 22.8. The van der Waals surface area contributed by atoms with Crippen LogP contribution in [0.15, 0.2) is 57.3 Å². The summed E-state index contributed by atoms with van der Waals surface area (Å²) in [6.45, 7) is 6.85. The Labute approximate surface area is 183 Å². The quantitative estimate of drug-likeness (QED) is 0.566. The van der Waals surface area contributed by atoms with Gasteiger partial charge < -0.3 is 9.84 Å². The van der Waals surface area contributed by atoms with Crippen LogP contribution in [0.25, 0.3) is 17.0 Å². The molecule has 1 saturated heterocycles. The van der Waals surface area contributed by atoms with E-state index in [0.717, 1.165) is 16.8 Å². The molecule has 3 aromatic rings. The zero-order valence-electron chi connectivity index (χ0n) is 17.8. The third-order valence-corrected chi connectivity index (χ3v) is 5.61. The Morgan fingerprint density at radius 2 is 2.09 bits per heavy atom. The summed E-state index contributed by atoms with van der Waals surface area (Å²) >= 11 is 0. The van der Waals surface area contributed by atoms with Gasteiger partial charge in [0.15, 0.2) is 0 Å². The minimum absolute atomic E-state index is 0.247. The lowest BCUT2D eigenvalue weighted by atomic mass is 10.1. The van der Waals surface area contributed by atoms with Gasteiger partial charge in [-0.3, -0.25) is 19.3 Å². The van der Waals surface area contributed by atoms with E-state index >= 15 is 0 Å². The van der Waals surface area contributed by atoms with Crippen LogP contribution in [-0.4, -0.2) is 49.1 Å². The van der Waals surface area contributed by atoms with Crippen LogP contribution in [0, 0.1) is 6.92 Å². The number of nitrogens with zero attached hydrogens (tertiary/aromatic N) is 5. The van der Waals surface area contributed by atoms with Crippen LogP contribution >= 0.6 is 0 Å². The maximum atomic E-state index is 12.2. The van der Waals surface area contributed by atoms with E-state index in [2.05, 4.69) is 27.0 Å². The molecule has 3 heterocycles. The molecule has 1 aliphatic heterocycles. The molecule has 1 fully saturated rings. The largest absolute Gasteiger partial charge is 0.394 e. The molecule has 1 aromatic carbocycles. The van der Waals surface area contributed by atoms with Crippen LogP contribution < -0.4 is 11.2 Å². The summed E-state index contributed by atoms with van der Waals surface area (Å²) in [5.41, 5.74) is 2.70. The van der Waals surface area contributed by atoms with Gasteiger partial charge >= 0.3 is 5.69 Å². The Bertz CT molecular complexity index is 1270. The Morgan fingerprint density at radius 1 is 1.34 bits per heavy atom. The lowest BCUT2D eigenvalue weighted by Gasteiger charge is -2.15. The normalized spacial score (nSPS) is 21.1. The van der Waals surface area contributed by atoms with E-state index < -0.39 is 23.6 Å². The van der Waals surface area contributed by atoms with Crippen molar-refractivity contribution < 1.29 is 9.84 Å². The number of aromatic amines is 1. The molecule has 166 valence electrons. The molecule has 0 aliphatic carbocycles. The molecule has 0 radical (unpaired) electrons. The number of hydrogen-bond donors (Lipinski definition) is 2. The van der Waals surface area contributed by atoms with Crippen molar-refractivity contribution >= 4 is 12.4 Å². The predicted octanol–water partition coefficient (Wildman–Crippen LogP) is 1.69. The van der Waals surface area contributed by atoms with Gasteiger partial charge in [0.05, 0.1) is 24.5 Å². The van der Waals surface area contributed by atoms with E-state index in [-0.39, 0.29) is 12.6 Å². The second-order valence-corrected chi connectivity index (χ2v) is 7.59. The standard InChI is InChI=1S/C22H24N6O4/c1-4-16(23-3)14-5-7-15(8-6-14)17-11-28(26-25-17)18-9-20(32-19(18)12-29)27-10-13(2)21(30)24-22(27)31/h4-8,10-11,18-20,29H,3,9,12H2,1-2H3,(H,24,30,31)/b16-4-. The zero-order valence-corrected chi connectivity index (χ0v) is 17.8. The molecular formula is C22H24N6O4. The number of aryl methyl sites for hydroxylation is 1. The fourth-order valence-corrected chi connectivity index (χ4v) is 3.86. The second kappa shape index (κ2) is 8.85. The summed E-state index contributed by atoms with van der Waals surface area (Å²) in [4.78, 5) is 30.2. The third kappa shape index (κ3) is 3.97. The Balaban J connectivity index is 1.58. The van der Waals surface area contributed by atoms with E-state index in [0.29, 0.717) is 17.7 Å². The minimum Gasteiger partial charge on any atom is -0.394 e. The smallest absolute Gasteiger partial charge is 0.330 e. The topological polar surface area (TPSA) is 127 Å². The van der Waals surface area contributed by atoms with E-state index in [1.807, 2.05) is 37.3 Å². The van der Waals surface area contributed by atoms with Crippen molar-refractivity contribution in [1.82, 2.24) is 24.5 Å². The molecule has 3 atom stereocenters. The molecule has 4 rings (SSSR count). The second-order valence-electron chi connectivity index (χ2n) is 7.59. The molecule has 3 unspecified atom stereocenters. The van der Waals surface area contributed by atoms with Crippen molar-refractivity contribution in [3.05, 3.63) is 74.7 Å². The highest BCUT2D eigenvalue weighted by molar-refractivity contribution is 5.70. The molecule has 2 N–H and O–H groups in total. The lowest BCUT2D eigenvalue weighted by molar-refractivity contribution is -0.0323. The number of H-pyrrole nitrogens is 1. The molecule has 0 amide bonds. The highest BCUT2D eigenvalue weighted by Crippen LogP contribution is 2.36. The molecule has 10 heteroatoms. The molecule has 32 heavy (non-hydrogen) atoms. The molecule has 0 bridgehead atoms. The molecular weight excluding hydrogens is 412 g/mol. The number of allylic oxidation sites excluding steroid dienone is 1. The monoisotopic (exact) mass is 436 g/mol. The number of aliphatic hydroxyl groups excluding tert-OH is 1. The van der Waals surface area contributed by atoms with E-state index in [1.54, 1.807) is 17.8 Å². The van der Waals surface area contributed by atoms with Crippen molar-refractivity contribution in [3.8, 4) is 11.3 Å². The fourth-order valence-electron chi connectivity index (χ4n) is 3.86. The first kappa shape index (κ1) is 21.6. The first-order valence-corrected chi connectivity index (χ1v) is 10.2. The van der Waals surface area contributed by atoms with Gasteiger partial charge in [-0.1, -0.05) is 35.6 Å². The predicted molar refractivity (Wildman–Crippen MR) is 119 cm³/mol. The van der Waals surface area contributed by atoms with Crippen molar-refractivity contribution in [2.45, 2.75) is 38.6 Å². The van der Waals surface area contributed by atoms with Gasteiger partial charge in [-0.15, -0.1) is 5.10 Å². The molecule has 10 nitrogen and oxygen atoms in total. The summed E-state index contributed by atoms with van der Waals surface area (Å²) in [6, 6.07) is 7.41. The van der Waals surface area contributed by atoms with Crippen molar-refractivity contribution in [1.29, 1.82) is 0 Å². The van der Waals surface area contributed by atoms with Gasteiger partial charge in [0, 0.05) is 23.7 Å². The van der Waals surface area contributed by atoms with Crippen LogP contribution in [0.3, 0.4) is 0 Å². The Hall–Kier alpha value is -3.63. The van der Waals surface area contributed by atoms with Gasteiger partial charge in [-0.05, 0) is 26.1 Å². The van der Waals surface area contributed by atoms with Crippen LogP contribution in [0.4, 0.5) is 0 Å². The minimum atomic E-state index is -0.641. The molecule has 2 aromatic heterocycles. The SMILES string of the molecule is C=N/C(=C\C)c1ccc(-c2cn(C3CC(n4cc(C)c(=O)[nH]c4=O)OC3CO)nn2)cc1. The van der Waals surface area contributed by atoms with Crippen LogP contribution in [0.2, 0.25) is 0 Å². The number of aliphatic imine (C=N–C) groups is 1. The van der Waals surface area contributed by atoms with Crippen LogP contribution in [-0.2, 0) is 4.74 Å². The molecule has 0 spiro atoms. The van der Waals surface area contributed by atoms with Gasteiger partial charge in [-0.25, -0.2) is 9.48 Å². The van der Waals surface area contributed by atoms with Crippen LogP contribution in [0.1, 0.15) is 36.7 Å². The maximum Gasteiger partial charge on any atom is 0.330 e. The number of aliphatic hydroxyl groups is 1. The Morgan fingerprint density at radius 3 is 2.75 bits per heavy atom. The van der Waals surface area contributed by atoms with E-state index in [9.17, 15) is 14.7 Å². The van der Waals surface area contributed by atoms with Crippen molar-refractivity contribution in [2.24, 2.45) is 4.99 Å². The fraction of sp³-hybridized carbons (Fsp3) is 0.318. The Kier molecular flexibility index (Phi) is 5.97. The highest BCUT2D eigenvalue weighted by atomic mass is 16.5.